The normalized spacial score (nSPS) is 15.4. The second-order valence-corrected chi connectivity index (χ2v) is 8.73. The lowest BCUT2D eigenvalue weighted by Gasteiger charge is -2.26. The fraction of sp³-hybridized carbons (Fsp3) is 0.562. The summed E-state index contributed by atoms with van der Waals surface area (Å²) in [4.78, 5) is 13.8. The maximum absolute atomic E-state index is 12.2. The van der Waals surface area contributed by atoms with Crippen LogP contribution in [0.4, 0.5) is 10.5 Å². The molecule has 1 amide bonds. The summed E-state index contributed by atoms with van der Waals surface area (Å²) >= 11 is 0. The average molecular weight is 356 g/mol. The lowest BCUT2D eigenvalue weighted by molar-refractivity contribution is 0.0258. The largest absolute Gasteiger partial charge is 0.506 e. The number of fused-ring (bicyclic) bond motifs is 1. The number of benzene rings is 1. The molecule has 0 aliphatic carbocycles. The van der Waals surface area contributed by atoms with E-state index in [1.54, 1.807) is 17.0 Å². The zero-order valence-corrected chi connectivity index (χ0v) is 15.2. The van der Waals surface area contributed by atoms with Crippen LogP contribution in [0, 0.1) is 0 Å². The van der Waals surface area contributed by atoms with E-state index in [0.717, 1.165) is 17.4 Å². The highest BCUT2D eigenvalue weighted by molar-refractivity contribution is 7.92. The van der Waals surface area contributed by atoms with Gasteiger partial charge in [-0.3, -0.25) is 4.72 Å². The Bertz CT molecular complexity index is 738. The van der Waals surface area contributed by atoms with E-state index in [-0.39, 0.29) is 17.5 Å². The molecule has 1 aliphatic heterocycles. The van der Waals surface area contributed by atoms with Crippen LogP contribution >= 0.6 is 0 Å². The third kappa shape index (κ3) is 5.02. The van der Waals surface area contributed by atoms with Gasteiger partial charge in [0.2, 0.25) is 10.0 Å². The number of carbonyl (C=O) groups is 1. The lowest BCUT2D eigenvalue weighted by Crippen LogP contribution is -2.38. The number of rotatable bonds is 2. The molecule has 0 radical (unpaired) electrons. The minimum Gasteiger partial charge on any atom is -0.506 e. The van der Waals surface area contributed by atoms with Crippen LogP contribution in [0.5, 0.6) is 5.75 Å². The minimum absolute atomic E-state index is 0.120. The van der Waals surface area contributed by atoms with Gasteiger partial charge in [0.1, 0.15) is 11.4 Å². The van der Waals surface area contributed by atoms with Gasteiger partial charge in [-0.2, -0.15) is 0 Å². The van der Waals surface area contributed by atoms with Crippen molar-refractivity contribution in [1.29, 1.82) is 0 Å². The van der Waals surface area contributed by atoms with Crippen LogP contribution in [0.15, 0.2) is 12.1 Å². The number of nitrogens with one attached hydrogen (secondary N) is 1. The molecule has 0 atom stereocenters. The van der Waals surface area contributed by atoms with Gasteiger partial charge < -0.3 is 14.7 Å². The van der Waals surface area contributed by atoms with Crippen molar-refractivity contribution in [3.63, 3.8) is 0 Å². The third-order valence-corrected chi connectivity index (χ3v) is 4.16. The molecule has 0 saturated heterocycles. The van der Waals surface area contributed by atoms with E-state index >= 15 is 0 Å². The van der Waals surface area contributed by atoms with E-state index in [0.29, 0.717) is 25.9 Å². The Morgan fingerprint density at radius 2 is 1.75 bits per heavy atom. The van der Waals surface area contributed by atoms with Crippen LogP contribution in [0.25, 0.3) is 0 Å². The fourth-order valence-corrected chi connectivity index (χ4v) is 3.12. The van der Waals surface area contributed by atoms with Crippen LogP contribution in [-0.4, -0.2) is 49.5 Å². The molecule has 24 heavy (non-hydrogen) atoms. The van der Waals surface area contributed by atoms with Crippen molar-refractivity contribution >= 4 is 21.8 Å². The predicted molar refractivity (Wildman–Crippen MR) is 91.8 cm³/mol. The van der Waals surface area contributed by atoms with Gasteiger partial charge in [-0.25, -0.2) is 13.2 Å². The van der Waals surface area contributed by atoms with E-state index in [4.69, 9.17) is 4.74 Å². The topological polar surface area (TPSA) is 95.9 Å². The molecule has 1 aromatic rings. The zero-order chi connectivity index (χ0) is 18.1. The van der Waals surface area contributed by atoms with Crippen molar-refractivity contribution in [3.8, 4) is 5.75 Å². The average Bonchev–Trinajstić information content (AvgIpc) is 2.58. The van der Waals surface area contributed by atoms with Gasteiger partial charge in [-0.1, -0.05) is 0 Å². The van der Waals surface area contributed by atoms with E-state index in [9.17, 15) is 18.3 Å². The number of hydrogen-bond acceptors (Lipinski definition) is 5. The Hall–Kier alpha value is -1.96. The highest BCUT2D eigenvalue weighted by Gasteiger charge is 2.25. The third-order valence-electron chi connectivity index (χ3n) is 3.57. The number of sulfonamides is 1. The summed E-state index contributed by atoms with van der Waals surface area (Å²) in [5.41, 5.74) is 1.41. The van der Waals surface area contributed by atoms with E-state index in [1.165, 1.54) is 0 Å². The van der Waals surface area contributed by atoms with Crippen LogP contribution in [-0.2, 0) is 27.6 Å². The second-order valence-electron chi connectivity index (χ2n) is 6.98. The van der Waals surface area contributed by atoms with E-state index in [2.05, 4.69) is 4.72 Å². The number of carbonyl (C=O) groups excluding carboxylic acids is 1. The Morgan fingerprint density at radius 1 is 1.21 bits per heavy atom. The van der Waals surface area contributed by atoms with Crippen molar-refractivity contribution in [2.24, 2.45) is 0 Å². The number of aromatic hydroxyl groups is 1. The Kier molecular flexibility index (Phi) is 4.98. The van der Waals surface area contributed by atoms with Crippen LogP contribution < -0.4 is 4.72 Å². The van der Waals surface area contributed by atoms with Crippen molar-refractivity contribution in [2.45, 2.75) is 39.2 Å². The molecule has 0 bridgehead atoms. The quantitative estimate of drug-likeness (QED) is 0.791. The number of hydrogen-bond donors (Lipinski definition) is 2. The molecule has 134 valence electrons. The van der Waals surface area contributed by atoms with Gasteiger partial charge in [0, 0.05) is 13.1 Å². The monoisotopic (exact) mass is 356 g/mol. The first kappa shape index (κ1) is 18.4. The van der Waals surface area contributed by atoms with Gasteiger partial charge in [0.15, 0.2) is 0 Å². The molecule has 2 rings (SSSR count). The molecule has 0 unspecified atom stereocenters. The summed E-state index contributed by atoms with van der Waals surface area (Å²) in [5, 5.41) is 10.0. The SMILES string of the molecule is CC(C)(C)OC(=O)N1CCc2cc(O)c(NS(C)(=O)=O)cc2CC1. The number of phenols is 1. The Balaban J connectivity index is 2.17. The summed E-state index contributed by atoms with van der Waals surface area (Å²) in [6.45, 7) is 6.42. The maximum Gasteiger partial charge on any atom is 0.410 e. The number of ether oxygens (including phenoxy) is 1. The molecule has 2 N–H and O–H groups in total. The second kappa shape index (κ2) is 6.51. The fourth-order valence-electron chi connectivity index (χ4n) is 2.55. The maximum atomic E-state index is 12.2. The van der Waals surface area contributed by atoms with Crippen LogP contribution in [0.1, 0.15) is 31.9 Å². The number of nitrogens with zero attached hydrogens (tertiary/aromatic N) is 1. The molecule has 0 spiro atoms. The lowest BCUT2D eigenvalue weighted by atomic mass is 10.0. The van der Waals surface area contributed by atoms with E-state index in [1.807, 2.05) is 20.8 Å². The van der Waals surface area contributed by atoms with Gasteiger partial charge in [0.05, 0.1) is 11.9 Å². The first-order valence-corrected chi connectivity index (χ1v) is 9.64. The number of phenolic OH excluding ortho intramolecular Hbond substituents is 1. The van der Waals surface area contributed by atoms with E-state index < -0.39 is 15.6 Å². The van der Waals surface area contributed by atoms with Crippen molar-refractivity contribution in [2.75, 3.05) is 24.1 Å². The molecule has 1 aromatic carbocycles. The predicted octanol–water partition coefficient (Wildman–Crippen LogP) is 2.10. The molecule has 1 heterocycles. The molecule has 1 aliphatic rings. The van der Waals surface area contributed by atoms with Gasteiger partial charge >= 0.3 is 6.09 Å². The molecule has 0 aromatic heterocycles. The molecular weight excluding hydrogens is 332 g/mol. The molecule has 8 heteroatoms. The summed E-state index contributed by atoms with van der Waals surface area (Å²) in [5.74, 6) is -0.120. The molecule has 0 saturated carbocycles. The van der Waals surface area contributed by atoms with Crippen molar-refractivity contribution < 1.29 is 23.1 Å². The van der Waals surface area contributed by atoms with Gasteiger partial charge in [-0.15, -0.1) is 0 Å². The smallest absolute Gasteiger partial charge is 0.410 e. The first-order valence-electron chi connectivity index (χ1n) is 7.75. The Morgan fingerprint density at radius 3 is 2.25 bits per heavy atom. The van der Waals surface area contributed by atoms with Crippen molar-refractivity contribution in [3.05, 3.63) is 23.3 Å². The number of anilines is 1. The summed E-state index contributed by atoms with van der Waals surface area (Å²) < 4.78 is 30.4. The highest BCUT2D eigenvalue weighted by Crippen LogP contribution is 2.30. The molecular formula is C16H24N2O5S. The van der Waals surface area contributed by atoms with Crippen molar-refractivity contribution in [1.82, 2.24) is 4.90 Å². The number of amides is 1. The first-order chi connectivity index (χ1) is 10.9. The summed E-state index contributed by atoms with van der Waals surface area (Å²) in [7, 11) is -3.47. The molecule has 0 fully saturated rings. The van der Waals surface area contributed by atoms with Crippen LogP contribution in [0.2, 0.25) is 0 Å². The Labute approximate surface area is 142 Å². The van der Waals surface area contributed by atoms with Crippen LogP contribution in [0.3, 0.4) is 0 Å². The van der Waals surface area contributed by atoms with Gasteiger partial charge in [-0.05, 0) is 56.9 Å². The minimum atomic E-state index is -3.47. The highest BCUT2D eigenvalue weighted by atomic mass is 32.2. The summed E-state index contributed by atoms with van der Waals surface area (Å²) in [6, 6.07) is 3.19. The summed E-state index contributed by atoms with van der Waals surface area (Å²) in [6.07, 6.45) is 1.80. The van der Waals surface area contributed by atoms with Gasteiger partial charge in [0.25, 0.3) is 0 Å². The standard InChI is InChI=1S/C16H24N2O5S/c1-16(2,3)23-15(20)18-7-5-11-9-13(17-24(4,21)22)14(19)10-12(11)6-8-18/h9-10,17,19H,5-8H2,1-4H3. The zero-order valence-electron chi connectivity index (χ0n) is 14.4. The molecule has 7 nitrogen and oxygen atoms in total.